The monoisotopic (exact) mass is 240 g/mol. The first kappa shape index (κ1) is 11.9. The topological polar surface area (TPSA) is 66.4 Å². The third kappa shape index (κ3) is 2.55. The van der Waals surface area contributed by atoms with Crippen LogP contribution in [-0.2, 0) is 0 Å². The fourth-order valence-electron chi connectivity index (χ4n) is 1.54. The normalized spacial score (nSPS) is 9.78. The fraction of sp³-hybridized carbons (Fsp3) is 0. The summed E-state index contributed by atoms with van der Waals surface area (Å²) in [4.78, 5) is 22.9. The van der Waals surface area contributed by atoms with Crippen molar-refractivity contribution in [1.82, 2.24) is 0 Å². The molecule has 0 aliphatic heterocycles. The number of anilines is 1. The van der Waals surface area contributed by atoms with Crippen molar-refractivity contribution in [2.24, 2.45) is 0 Å². The molecule has 0 atom stereocenters. The van der Waals surface area contributed by atoms with Crippen LogP contribution in [0, 0.1) is 6.07 Å². The Morgan fingerprint density at radius 3 is 2.39 bits per heavy atom. The zero-order valence-corrected chi connectivity index (χ0v) is 9.38. The van der Waals surface area contributed by atoms with Gasteiger partial charge in [0.2, 0.25) is 0 Å². The van der Waals surface area contributed by atoms with Gasteiger partial charge < -0.3 is 10.4 Å². The van der Waals surface area contributed by atoms with Crippen LogP contribution >= 0.6 is 0 Å². The number of carboxylic acid groups (broad SMARTS) is 1. The predicted octanol–water partition coefficient (Wildman–Crippen LogP) is 2.44. The molecule has 0 bridgehead atoms. The highest BCUT2D eigenvalue weighted by atomic mass is 16.4. The van der Waals surface area contributed by atoms with E-state index in [2.05, 4.69) is 11.4 Å². The fourth-order valence-corrected chi connectivity index (χ4v) is 1.54. The third-order valence-electron chi connectivity index (χ3n) is 2.37. The Morgan fingerprint density at radius 2 is 1.78 bits per heavy atom. The van der Waals surface area contributed by atoms with Gasteiger partial charge >= 0.3 is 5.97 Å². The van der Waals surface area contributed by atoms with Crippen molar-refractivity contribution in [3.8, 4) is 0 Å². The van der Waals surface area contributed by atoms with E-state index in [1.54, 1.807) is 36.4 Å². The zero-order valence-electron chi connectivity index (χ0n) is 9.38. The molecule has 2 N–H and O–H groups in total. The van der Waals surface area contributed by atoms with Gasteiger partial charge in [-0.3, -0.25) is 4.79 Å². The molecule has 2 rings (SSSR count). The number of aromatic carboxylic acids is 1. The van der Waals surface area contributed by atoms with Crippen molar-refractivity contribution in [2.45, 2.75) is 0 Å². The highest BCUT2D eigenvalue weighted by molar-refractivity contribution is 6.10. The lowest BCUT2D eigenvalue weighted by atomic mass is 10.1. The van der Waals surface area contributed by atoms with E-state index in [-0.39, 0.29) is 11.1 Å². The lowest BCUT2D eigenvalue weighted by Gasteiger charge is -2.07. The van der Waals surface area contributed by atoms with Crippen LogP contribution in [0.15, 0.2) is 48.5 Å². The Hall–Kier alpha value is -2.62. The summed E-state index contributed by atoms with van der Waals surface area (Å²) in [6.45, 7) is 0. The van der Waals surface area contributed by atoms with Crippen molar-refractivity contribution >= 4 is 17.6 Å². The molecule has 2 aromatic rings. The summed E-state index contributed by atoms with van der Waals surface area (Å²) in [5.41, 5.74) is 0.687. The molecule has 4 heteroatoms. The second kappa shape index (κ2) is 5.14. The first-order valence-corrected chi connectivity index (χ1v) is 5.28. The maximum Gasteiger partial charge on any atom is 0.336 e. The first-order valence-electron chi connectivity index (χ1n) is 5.28. The van der Waals surface area contributed by atoms with Crippen LogP contribution in [0.5, 0.6) is 0 Å². The van der Waals surface area contributed by atoms with E-state index in [4.69, 9.17) is 5.11 Å². The SMILES string of the molecule is O=C(O)c1ccccc1C(=O)Nc1c[c]ccc1. The number of benzene rings is 2. The number of rotatable bonds is 3. The van der Waals surface area contributed by atoms with E-state index in [9.17, 15) is 9.59 Å². The van der Waals surface area contributed by atoms with Gasteiger partial charge in [0.05, 0.1) is 11.1 Å². The summed E-state index contributed by atoms with van der Waals surface area (Å²) < 4.78 is 0. The van der Waals surface area contributed by atoms with Gasteiger partial charge in [0, 0.05) is 5.69 Å². The highest BCUT2D eigenvalue weighted by Crippen LogP contribution is 2.12. The van der Waals surface area contributed by atoms with Crippen molar-refractivity contribution in [3.63, 3.8) is 0 Å². The van der Waals surface area contributed by atoms with E-state index >= 15 is 0 Å². The maximum atomic E-state index is 12.0. The summed E-state index contributed by atoms with van der Waals surface area (Å²) in [6, 6.07) is 15.7. The number of carbonyl (C=O) groups is 2. The third-order valence-corrected chi connectivity index (χ3v) is 2.37. The predicted molar refractivity (Wildman–Crippen MR) is 66.6 cm³/mol. The molecule has 4 nitrogen and oxygen atoms in total. The molecule has 0 saturated heterocycles. The number of hydrogen-bond acceptors (Lipinski definition) is 2. The van der Waals surface area contributed by atoms with Crippen molar-refractivity contribution in [2.75, 3.05) is 5.32 Å². The summed E-state index contributed by atoms with van der Waals surface area (Å²) in [6.07, 6.45) is 0. The first-order chi connectivity index (χ1) is 8.68. The van der Waals surface area contributed by atoms with Gasteiger partial charge in [0.25, 0.3) is 5.91 Å². The van der Waals surface area contributed by atoms with Gasteiger partial charge in [-0.1, -0.05) is 24.3 Å². The summed E-state index contributed by atoms with van der Waals surface area (Å²) in [7, 11) is 0. The standard InChI is InChI=1S/C14H10NO3/c16-13(15-10-6-2-1-3-7-10)11-8-4-5-9-12(11)14(17)18/h1-2,4-9H,(H,15,16)(H,17,18). The Balaban J connectivity index is 2.27. The molecular weight excluding hydrogens is 230 g/mol. The molecule has 1 amide bonds. The van der Waals surface area contributed by atoms with Crippen molar-refractivity contribution in [3.05, 3.63) is 65.7 Å². The van der Waals surface area contributed by atoms with Gasteiger partial charge in [0.1, 0.15) is 0 Å². The molecule has 0 spiro atoms. The average Bonchev–Trinajstić information content (AvgIpc) is 2.40. The van der Waals surface area contributed by atoms with E-state index in [1.165, 1.54) is 12.1 Å². The van der Waals surface area contributed by atoms with Crippen LogP contribution in [0.25, 0.3) is 0 Å². The second-order valence-corrected chi connectivity index (χ2v) is 3.60. The Morgan fingerprint density at radius 1 is 1.06 bits per heavy atom. The Kier molecular flexibility index (Phi) is 3.38. The molecule has 0 saturated carbocycles. The zero-order chi connectivity index (χ0) is 13.0. The lowest BCUT2D eigenvalue weighted by Crippen LogP contribution is -2.16. The van der Waals surface area contributed by atoms with E-state index in [0.717, 1.165) is 0 Å². The Bertz CT molecular complexity index is 579. The smallest absolute Gasteiger partial charge is 0.336 e. The molecule has 0 aliphatic carbocycles. The van der Waals surface area contributed by atoms with Crippen molar-refractivity contribution in [1.29, 1.82) is 0 Å². The summed E-state index contributed by atoms with van der Waals surface area (Å²) in [5.74, 6) is -1.58. The van der Waals surface area contributed by atoms with Crippen LogP contribution < -0.4 is 5.32 Å². The molecular formula is C14H10NO3. The second-order valence-electron chi connectivity index (χ2n) is 3.60. The molecule has 0 aliphatic rings. The largest absolute Gasteiger partial charge is 0.478 e. The van der Waals surface area contributed by atoms with Gasteiger partial charge in [-0.05, 0) is 30.3 Å². The number of carbonyl (C=O) groups excluding carboxylic acids is 1. The molecule has 0 unspecified atom stereocenters. The van der Waals surface area contributed by atoms with Crippen LogP contribution in [0.1, 0.15) is 20.7 Å². The Labute approximate surface area is 104 Å². The summed E-state index contributed by atoms with van der Waals surface area (Å²) in [5, 5.41) is 11.6. The molecule has 89 valence electrons. The van der Waals surface area contributed by atoms with Gasteiger partial charge in [-0.2, -0.15) is 0 Å². The molecule has 0 aromatic heterocycles. The van der Waals surface area contributed by atoms with E-state index in [0.29, 0.717) is 5.69 Å². The number of hydrogen-bond donors (Lipinski definition) is 2. The van der Waals surface area contributed by atoms with Crippen molar-refractivity contribution < 1.29 is 14.7 Å². The highest BCUT2D eigenvalue weighted by Gasteiger charge is 2.15. The minimum Gasteiger partial charge on any atom is -0.478 e. The minimum absolute atomic E-state index is 0.0186. The molecule has 1 radical (unpaired) electrons. The molecule has 0 heterocycles. The molecule has 2 aromatic carbocycles. The van der Waals surface area contributed by atoms with Crippen LogP contribution in [0.3, 0.4) is 0 Å². The quantitative estimate of drug-likeness (QED) is 0.865. The minimum atomic E-state index is -1.12. The number of carboxylic acids is 1. The average molecular weight is 240 g/mol. The maximum absolute atomic E-state index is 12.0. The van der Waals surface area contributed by atoms with E-state index in [1.807, 2.05) is 0 Å². The number of nitrogens with one attached hydrogen (secondary N) is 1. The molecule has 0 fully saturated rings. The van der Waals surface area contributed by atoms with E-state index < -0.39 is 11.9 Å². The van der Waals surface area contributed by atoms with Crippen LogP contribution in [0.4, 0.5) is 5.69 Å². The van der Waals surface area contributed by atoms with Gasteiger partial charge in [0.15, 0.2) is 0 Å². The van der Waals surface area contributed by atoms with Crippen LogP contribution in [-0.4, -0.2) is 17.0 Å². The van der Waals surface area contributed by atoms with Crippen LogP contribution in [0.2, 0.25) is 0 Å². The van der Waals surface area contributed by atoms with Gasteiger partial charge in [-0.15, -0.1) is 0 Å². The summed E-state index contributed by atoms with van der Waals surface area (Å²) >= 11 is 0. The number of amides is 1. The lowest BCUT2D eigenvalue weighted by molar-refractivity contribution is 0.0692. The molecule has 18 heavy (non-hydrogen) atoms. The van der Waals surface area contributed by atoms with Gasteiger partial charge in [-0.25, -0.2) is 4.79 Å².